The minimum Gasteiger partial charge on any atom is -0.452 e. The number of hydrogen-bond acceptors (Lipinski definition) is 8. The third-order valence-electron chi connectivity index (χ3n) is 3.87. The Morgan fingerprint density at radius 1 is 1.26 bits per heavy atom. The van der Waals surface area contributed by atoms with E-state index in [2.05, 4.69) is 31.3 Å². The normalized spacial score (nSPS) is 15.7. The van der Waals surface area contributed by atoms with E-state index in [1.807, 2.05) is 0 Å². The average molecular weight is 372 g/mol. The summed E-state index contributed by atoms with van der Waals surface area (Å²) in [6.45, 7) is 1.40. The number of carbonyl (C=O) groups excluding carboxylic acids is 4. The van der Waals surface area contributed by atoms with E-state index < -0.39 is 35.7 Å². The molecule has 0 aliphatic carbocycles. The van der Waals surface area contributed by atoms with Crippen molar-refractivity contribution in [3.8, 4) is 11.4 Å². The van der Waals surface area contributed by atoms with Gasteiger partial charge in [0, 0.05) is 24.1 Å². The van der Waals surface area contributed by atoms with Gasteiger partial charge in [-0.1, -0.05) is 12.1 Å². The van der Waals surface area contributed by atoms with Gasteiger partial charge in [0.15, 0.2) is 6.10 Å². The molecule has 1 fully saturated rings. The molecular formula is C16H16N6O5. The van der Waals surface area contributed by atoms with E-state index in [1.165, 1.54) is 6.92 Å². The van der Waals surface area contributed by atoms with Gasteiger partial charge in [0.25, 0.3) is 5.91 Å². The Labute approximate surface area is 152 Å². The van der Waals surface area contributed by atoms with Gasteiger partial charge < -0.3 is 10.1 Å². The average Bonchev–Trinajstić information content (AvgIpc) is 3.15. The first-order valence-electron chi connectivity index (χ1n) is 8.10. The van der Waals surface area contributed by atoms with Gasteiger partial charge in [-0.15, -0.1) is 10.2 Å². The Morgan fingerprint density at radius 3 is 2.67 bits per heavy atom. The van der Waals surface area contributed by atoms with Crippen LogP contribution in [0.25, 0.3) is 11.4 Å². The molecule has 1 aliphatic heterocycles. The van der Waals surface area contributed by atoms with Crippen LogP contribution >= 0.6 is 0 Å². The van der Waals surface area contributed by atoms with Crippen LogP contribution < -0.4 is 10.6 Å². The van der Waals surface area contributed by atoms with Gasteiger partial charge in [0.2, 0.25) is 17.6 Å². The van der Waals surface area contributed by atoms with Crippen LogP contribution in [0.4, 0.5) is 5.69 Å². The maximum atomic E-state index is 12.3. The molecule has 11 heteroatoms. The lowest BCUT2D eigenvalue weighted by molar-refractivity contribution is -0.160. The number of carbonyl (C=O) groups is 4. The number of rotatable bonds is 5. The van der Waals surface area contributed by atoms with Crippen LogP contribution in [0.3, 0.4) is 0 Å². The van der Waals surface area contributed by atoms with Gasteiger partial charge in [-0.3, -0.25) is 24.5 Å². The molecule has 27 heavy (non-hydrogen) atoms. The van der Waals surface area contributed by atoms with Gasteiger partial charge in [0.05, 0.1) is 5.92 Å². The zero-order valence-corrected chi connectivity index (χ0v) is 14.3. The Bertz CT molecular complexity index is 865. The van der Waals surface area contributed by atoms with E-state index >= 15 is 0 Å². The Kier molecular flexibility index (Phi) is 5.20. The summed E-state index contributed by atoms with van der Waals surface area (Å²) in [5.41, 5.74) is 1.09. The Balaban J connectivity index is 1.59. The lowest BCUT2D eigenvalue weighted by atomic mass is 9.97. The number of nitrogens with one attached hydrogen (secondary N) is 3. The lowest BCUT2D eigenvalue weighted by Gasteiger charge is -2.21. The molecule has 1 aliphatic rings. The van der Waals surface area contributed by atoms with E-state index in [0.717, 1.165) is 0 Å². The molecule has 140 valence electrons. The van der Waals surface area contributed by atoms with E-state index in [0.29, 0.717) is 17.1 Å². The van der Waals surface area contributed by atoms with Crippen molar-refractivity contribution >= 4 is 29.4 Å². The molecule has 11 nitrogen and oxygen atoms in total. The number of imide groups is 1. The van der Waals surface area contributed by atoms with Crippen LogP contribution in [0.15, 0.2) is 24.3 Å². The molecule has 2 aromatic rings. The number of piperidine rings is 1. The molecule has 1 atom stereocenters. The van der Waals surface area contributed by atoms with Crippen molar-refractivity contribution in [2.24, 2.45) is 5.92 Å². The van der Waals surface area contributed by atoms with Gasteiger partial charge in [-0.05, 0) is 24.3 Å². The fraction of sp³-hybridized carbons (Fsp3) is 0.312. The molecule has 2 heterocycles. The van der Waals surface area contributed by atoms with Crippen molar-refractivity contribution in [1.82, 2.24) is 25.9 Å². The fourth-order valence-electron chi connectivity index (χ4n) is 2.53. The van der Waals surface area contributed by atoms with Crippen molar-refractivity contribution in [1.29, 1.82) is 0 Å². The second-order valence-electron chi connectivity index (χ2n) is 5.96. The maximum Gasteiger partial charge on any atom is 0.310 e. The number of amides is 3. The highest BCUT2D eigenvalue weighted by atomic mass is 16.5. The third kappa shape index (κ3) is 4.51. The number of aromatic nitrogens is 4. The highest BCUT2D eigenvalue weighted by molar-refractivity contribution is 6.02. The van der Waals surface area contributed by atoms with E-state index in [1.54, 1.807) is 24.3 Å². The number of aromatic amines is 1. The summed E-state index contributed by atoms with van der Waals surface area (Å²) in [5.74, 6) is -2.91. The highest BCUT2D eigenvalue weighted by Gasteiger charge is 2.33. The van der Waals surface area contributed by atoms with Gasteiger partial charge >= 0.3 is 5.97 Å². The van der Waals surface area contributed by atoms with E-state index in [-0.39, 0.29) is 12.8 Å². The number of anilines is 1. The standard InChI is InChI=1S/C16H16N6O5/c1-8(27-16(26)10-6-12(23)18-13(24)7-10)15(25)17-11-4-2-3-9(5-11)14-19-21-22-20-14/h2-5,8,10H,6-7H2,1H3,(H,17,25)(H,18,23,24)(H,19,20,21,22). The van der Waals surface area contributed by atoms with Gasteiger partial charge in [-0.2, -0.15) is 5.21 Å². The predicted molar refractivity (Wildman–Crippen MR) is 89.7 cm³/mol. The molecule has 1 saturated heterocycles. The predicted octanol–water partition coefficient (Wildman–Crippen LogP) is -0.210. The molecule has 0 saturated carbocycles. The first-order valence-corrected chi connectivity index (χ1v) is 8.10. The molecule has 3 N–H and O–H groups in total. The topological polar surface area (TPSA) is 156 Å². The summed E-state index contributed by atoms with van der Waals surface area (Å²) in [6.07, 6.45) is -1.40. The number of tetrazole rings is 1. The molecule has 1 aromatic heterocycles. The maximum absolute atomic E-state index is 12.3. The summed E-state index contributed by atoms with van der Waals surface area (Å²) in [6, 6.07) is 6.74. The molecular weight excluding hydrogens is 356 g/mol. The van der Waals surface area contributed by atoms with Crippen LogP contribution in [0.5, 0.6) is 0 Å². The fourth-order valence-corrected chi connectivity index (χ4v) is 2.53. The van der Waals surface area contributed by atoms with Gasteiger partial charge in [0.1, 0.15) is 0 Å². The highest BCUT2D eigenvalue weighted by Crippen LogP contribution is 2.19. The molecule has 0 spiro atoms. The lowest BCUT2D eigenvalue weighted by Crippen LogP contribution is -2.42. The number of esters is 1. The first kappa shape index (κ1) is 18.2. The van der Waals surface area contributed by atoms with Crippen molar-refractivity contribution < 1.29 is 23.9 Å². The van der Waals surface area contributed by atoms with Crippen LogP contribution in [-0.4, -0.2) is 50.4 Å². The van der Waals surface area contributed by atoms with Crippen molar-refractivity contribution in [2.45, 2.75) is 25.9 Å². The number of ether oxygens (including phenoxy) is 1. The molecule has 3 rings (SSSR count). The Hall–Kier alpha value is -3.63. The molecule has 1 aromatic carbocycles. The van der Waals surface area contributed by atoms with E-state index in [9.17, 15) is 19.2 Å². The van der Waals surface area contributed by atoms with Crippen LogP contribution in [0, 0.1) is 5.92 Å². The molecule has 0 bridgehead atoms. The minimum atomic E-state index is -1.11. The smallest absolute Gasteiger partial charge is 0.310 e. The van der Waals surface area contributed by atoms with Crippen molar-refractivity contribution in [2.75, 3.05) is 5.32 Å². The molecule has 0 radical (unpaired) electrons. The Morgan fingerprint density at radius 2 is 2.00 bits per heavy atom. The summed E-state index contributed by atoms with van der Waals surface area (Å²) in [7, 11) is 0. The first-order chi connectivity index (χ1) is 12.9. The summed E-state index contributed by atoms with van der Waals surface area (Å²) in [4.78, 5) is 47.1. The zero-order chi connectivity index (χ0) is 19.4. The molecule has 1 unspecified atom stereocenters. The second-order valence-corrected chi connectivity index (χ2v) is 5.96. The minimum absolute atomic E-state index is 0.147. The molecule has 3 amide bonds. The second kappa shape index (κ2) is 7.72. The largest absolute Gasteiger partial charge is 0.452 e. The van der Waals surface area contributed by atoms with Crippen LogP contribution in [0.2, 0.25) is 0 Å². The number of H-pyrrole nitrogens is 1. The number of hydrogen-bond donors (Lipinski definition) is 3. The zero-order valence-electron chi connectivity index (χ0n) is 14.3. The quantitative estimate of drug-likeness (QED) is 0.481. The number of nitrogens with zero attached hydrogens (tertiary/aromatic N) is 3. The SMILES string of the molecule is CC(OC(=O)C1CC(=O)NC(=O)C1)C(=O)Nc1cccc(-c2nn[nH]n2)c1. The summed E-state index contributed by atoms with van der Waals surface area (Å²) < 4.78 is 5.10. The summed E-state index contributed by atoms with van der Waals surface area (Å²) in [5, 5.41) is 18.3. The van der Waals surface area contributed by atoms with Crippen molar-refractivity contribution in [3.05, 3.63) is 24.3 Å². The van der Waals surface area contributed by atoms with Crippen molar-refractivity contribution in [3.63, 3.8) is 0 Å². The third-order valence-corrected chi connectivity index (χ3v) is 3.87. The van der Waals surface area contributed by atoms with E-state index in [4.69, 9.17) is 4.74 Å². The van der Waals surface area contributed by atoms with Crippen LogP contribution in [0.1, 0.15) is 19.8 Å². The van der Waals surface area contributed by atoms with Crippen LogP contribution in [-0.2, 0) is 23.9 Å². The monoisotopic (exact) mass is 372 g/mol. The number of benzene rings is 1. The van der Waals surface area contributed by atoms with Gasteiger partial charge in [-0.25, -0.2) is 0 Å². The summed E-state index contributed by atoms with van der Waals surface area (Å²) >= 11 is 0.